The smallest absolute Gasteiger partial charge is 0.253 e. The molecule has 0 unspecified atom stereocenters. The summed E-state index contributed by atoms with van der Waals surface area (Å²) in [5.41, 5.74) is 2.64. The molecule has 0 N–H and O–H groups in total. The van der Waals surface area contributed by atoms with Crippen LogP contribution in [0.1, 0.15) is 21.5 Å². The average Bonchev–Trinajstić information content (AvgIpc) is 2.73. The molecule has 2 amide bonds. The highest BCUT2D eigenvalue weighted by molar-refractivity contribution is 5.94. The molecule has 3 rings (SSSR count). The van der Waals surface area contributed by atoms with Crippen LogP contribution in [0.3, 0.4) is 0 Å². The molecule has 6 heteroatoms. The Morgan fingerprint density at radius 1 is 0.893 bits per heavy atom. The Balaban J connectivity index is 1.57. The van der Waals surface area contributed by atoms with Crippen LogP contribution in [0.2, 0.25) is 0 Å². The Kier molecular flexibility index (Phi) is 6.19. The third-order valence-electron chi connectivity index (χ3n) is 4.99. The van der Waals surface area contributed by atoms with Crippen molar-refractivity contribution in [2.45, 2.75) is 13.3 Å². The Bertz CT molecular complexity index is 857. The zero-order valence-corrected chi connectivity index (χ0v) is 16.6. The highest BCUT2D eigenvalue weighted by Crippen LogP contribution is 2.28. The van der Waals surface area contributed by atoms with Crippen LogP contribution in [-0.2, 0) is 11.2 Å². The molecule has 6 nitrogen and oxygen atoms in total. The molecule has 148 valence electrons. The minimum atomic E-state index is 0.0238. The Labute approximate surface area is 165 Å². The number of hydrogen-bond donors (Lipinski definition) is 0. The van der Waals surface area contributed by atoms with Crippen LogP contribution in [0.5, 0.6) is 11.5 Å². The van der Waals surface area contributed by atoms with E-state index in [0.29, 0.717) is 49.7 Å². The third kappa shape index (κ3) is 4.44. The quantitative estimate of drug-likeness (QED) is 0.797. The number of piperazine rings is 1. The molecule has 0 spiro atoms. The van der Waals surface area contributed by atoms with Crippen molar-refractivity contribution >= 4 is 11.8 Å². The third-order valence-corrected chi connectivity index (χ3v) is 4.99. The number of rotatable bonds is 5. The fourth-order valence-corrected chi connectivity index (χ4v) is 3.40. The summed E-state index contributed by atoms with van der Waals surface area (Å²) in [4.78, 5) is 28.9. The predicted molar refractivity (Wildman–Crippen MR) is 107 cm³/mol. The van der Waals surface area contributed by atoms with E-state index in [1.165, 1.54) is 0 Å². The van der Waals surface area contributed by atoms with E-state index < -0.39 is 0 Å². The van der Waals surface area contributed by atoms with Gasteiger partial charge >= 0.3 is 0 Å². The van der Waals surface area contributed by atoms with Crippen LogP contribution in [0.25, 0.3) is 0 Å². The minimum absolute atomic E-state index is 0.0238. The molecular formula is C22H26N2O4. The summed E-state index contributed by atoms with van der Waals surface area (Å²) >= 11 is 0. The molecule has 0 aliphatic carbocycles. The Morgan fingerprint density at radius 3 is 2.21 bits per heavy atom. The van der Waals surface area contributed by atoms with E-state index in [-0.39, 0.29) is 11.8 Å². The van der Waals surface area contributed by atoms with Gasteiger partial charge in [0.2, 0.25) is 5.91 Å². The molecule has 0 aromatic heterocycles. The molecule has 0 radical (unpaired) electrons. The van der Waals surface area contributed by atoms with Crippen LogP contribution >= 0.6 is 0 Å². The van der Waals surface area contributed by atoms with Gasteiger partial charge in [0.1, 0.15) is 0 Å². The largest absolute Gasteiger partial charge is 0.493 e. The van der Waals surface area contributed by atoms with Crippen molar-refractivity contribution < 1.29 is 19.1 Å². The lowest BCUT2D eigenvalue weighted by molar-refractivity contribution is -0.131. The number of ether oxygens (including phenoxy) is 2. The number of carbonyl (C=O) groups is 2. The molecule has 1 aliphatic rings. The van der Waals surface area contributed by atoms with E-state index in [4.69, 9.17) is 9.47 Å². The number of carbonyl (C=O) groups excluding carboxylic acids is 2. The van der Waals surface area contributed by atoms with E-state index >= 15 is 0 Å². The van der Waals surface area contributed by atoms with Crippen molar-refractivity contribution in [1.82, 2.24) is 9.80 Å². The fraction of sp³-hybridized carbons (Fsp3) is 0.364. The Hall–Kier alpha value is -3.02. The first-order valence-electron chi connectivity index (χ1n) is 9.36. The van der Waals surface area contributed by atoms with Crippen LogP contribution in [0.15, 0.2) is 42.5 Å². The first-order chi connectivity index (χ1) is 13.5. The highest BCUT2D eigenvalue weighted by atomic mass is 16.5. The summed E-state index contributed by atoms with van der Waals surface area (Å²) in [5.74, 6) is 1.33. The van der Waals surface area contributed by atoms with Gasteiger partial charge in [0, 0.05) is 31.7 Å². The van der Waals surface area contributed by atoms with E-state index in [9.17, 15) is 9.59 Å². The zero-order valence-electron chi connectivity index (χ0n) is 16.6. The summed E-state index contributed by atoms with van der Waals surface area (Å²) in [6, 6.07) is 13.1. The lowest BCUT2D eigenvalue weighted by Crippen LogP contribution is -2.51. The monoisotopic (exact) mass is 382 g/mol. The summed E-state index contributed by atoms with van der Waals surface area (Å²) in [5, 5.41) is 0. The zero-order chi connectivity index (χ0) is 20.1. The second-order valence-electron chi connectivity index (χ2n) is 6.91. The van der Waals surface area contributed by atoms with Gasteiger partial charge in [-0.3, -0.25) is 9.59 Å². The molecule has 2 aromatic rings. The van der Waals surface area contributed by atoms with Crippen molar-refractivity contribution in [3.8, 4) is 11.5 Å². The van der Waals surface area contributed by atoms with Gasteiger partial charge in [-0.1, -0.05) is 23.8 Å². The molecule has 1 heterocycles. The molecule has 1 aliphatic heterocycles. The normalized spacial score (nSPS) is 14.0. The van der Waals surface area contributed by atoms with Gasteiger partial charge in [-0.15, -0.1) is 0 Å². The number of aryl methyl sites for hydroxylation is 1. The molecule has 2 aromatic carbocycles. The van der Waals surface area contributed by atoms with E-state index in [1.807, 2.05) is 53.1 Å². The van der Waals surface area contributed by atoms with Gasteiger partial charge in [0.05, 0.1) is 20.6 Å². The molecule has 1 fully saturated rings. The SMILES string of the molecule is COc1ccc(CC(=O)N2CCN(C(=O)c3cccc(C)c3)CC2)cc1OC. The first-order valence-corrected chi connectivity index (χ1v) is 9.36. The van der Waals surface area contributed by atoms with Crippen LogP contribution in [0.4, 0.5) is 0 Å². The van der Waals surface area contributed by atoms with E-state index in [2.05, 4.69) is 0 Å². The van der Waals surface area contributed by atoms with Crippen molar-refractivity contribution in [2.24, 2.45) is 0 Å². The maximum Gasteiger partial charge on any atom is 0.253 e. The lowest BCUT2D eigenvalue weighted by atomic mass is 10.1. The van der Waals surface area contributed by atoms with Crippen molar-refractivity contribution in [1.29, 1.82) is 0 Å². The highest BCUT2D eigenvalue weighted by Gasteiger charge is 2.25. The topological polar surface area (TPSA) is 59.1 Å². The van der Waals surface area contributed by atoms with E-state index in [0.717, 1.165) is 11.1 Å². The summed E-state index contributed by atoms with van der Waals surface area (Å²) in [6.45, 7) is 4.16. The second kappa shape index (κ2) is 8.78. The molecule has 1 saturated heterocycles. The first kappa shape index (κ1) is 19.7. The molecule has 28 heavy (non-hydrogen) atoms. The predicted octanol–water partition coefficient (Wildman–Crippen LogP) is 2.54. The molecule has 0 saturated carbocycles. The minimum Gasteiger partial charge on any atom is -0.493 e. The van der Waals surface area contributed by atoms with Gasteiger partial charge in [-0.2, -0.15) is 0 Å². The molecule has 0 atom stereocenters. The van der Waals surface area contributed by atoms with Crippen LogP contribution in [0, 0.1) is 6.92 Å². The summed E-state index contributed by atoms with van der Waals surface area (Å²) in [6.07, 6.45) is 0.298. The maximum absolute atomic E-state index is 12.7. The van der Waals surface area contributed by atoms with Gasteiger partial charge < -0.3 is 19.3 Å². The maximum atomic E-state index is 12.7. The van der Waals surface area contributed by atoms with Gasteiger partial charge in [0.15, 0.2) is 11.5 Å². The van der Waals surface area contributed by atoms with Gasteiger partial charge in [-0.25, -0.2) is 0 Å². The van der Waals surface area contributed by atoms with Crippen molar-refractivity contribution in [3.63, 3.8) is 0 Å². The van der Waals surface area contributed by atoms with Crippen molar-refractivity contribution in [2.75, 3.05) is 40.4 Å². The standard InChI is InChI=1S/C22H26N2O4/c1-16-5-4-6-18(13-16)22(26)24-11-9-23(10-12-24)21(25)15-17-7-8-19(27-2)20(14-17)28-3/h4-8,13-14H,9-12,15H2,1-3H3. The lowest BCUT2D eigenvalue weighted by Gasteiger charge is -2.35. The summed E-state index contributed by atoms with van der Waals surface area (Å²) in [7, 11) is 3.16. The Morgan fingerprint density at radius 2 is 1.57 bits per heavy atom. The average molecular weight is 382 g/mol. The molecule has 0 bridgehead atoms. The van der Waals surface area contributed by atoms with E-state index in [1.54, 1.807) is 20.3 Å². The van der Waals surface area contributed by atoms with Crippen molar-refractivity contribution in [3.05, 3.63) is 59.2 Å². The number of methoxy groups -OCH3 is 2. The number of nitrogens with zero attached hydrogens (tertiary/aromatic N) is 2. The van der Waals surface area contributed by atoms with Crippen LogP contribution in [-0.4, -0.2) is 62.0 Å². The number of hydrogen-bond acceptors (Lipinski definition) is 4. The van der Waals surface area contributed by atoms with Gasteiger partial charge in [-0.05, 0) is 36.8 Å². The summed E-state index contributed by atoms with van der Waals surface area (Å²) < 4.78 is 10.5. The second-order valence-corrected chi connectivity index (χ2v) is 6.91. The molecular weight excluding hydrogens is 356 g/mol. The number of benzene rings is 2. The number of amides is 2. The van der Waals surface area contributed by atoms with Crippen LogP contribution < -0.4 is 9.47 Å². The van der Waals surface area contributed by atoms with Gasteiger partial charge in [0.25, 0.3) is 5.91 Å². The fourth-order valence-electron chi connectivity index (χ4n) is 3.40.